The van der Waals surface area contributed by atoms with Crippen LogP contribution in [0.3, 0.4) is 0 Å². The van der Waals surface area contributed by atoms with Crippen LogP contribution in [0.4, 0.5) is 24.5 Å². The number of rotatable bonds is 18. The number of aromatic carboxylic acids is 1. The number of carboxylic acids is 1. The summed E-state index contributed by atoms with van der Waals surface area (Å²) in [6.45, 7) is -0.0187. The fourth-order valence-corrected chi connectivity index (χ4v) is 4.47. The molecular formula is C33H31F3N2O11. The highest BCUT2D eigenvalue weighted by Gasteiger charge is 2.27. The van der Waals surface area contributed by atoms with Gasteiger partial charge in [0.2, 0.25) is 0 Å². The second-order valence-corrected chi connectivity index (χ2v) is 10.5. The van der Waals surface area contributed by atoms with Crippen molar-refractivity contribution in [2.45, 2.75) is 51.1 Å². The van der Waals surface area contributed by atoms with Crippen LogP contribution in [0.5, 0.6) is 11.5 Å². The van der Waals surface area contributed by atoms with Crippen molar-refractivity contribution in [1.29, 1.82) is 0 Å². The maximum absolute atomic E-state index is 12.4. The smallest absolute Gasteiger partial charge is 0.389 e. The van der Waals surface area contributed by atoms with Gasteiger partial charge >= 0.3 is 24.1 Å². The first-order valence-corrected chi connectivity index (χ1v) is 14.9. The number of carbonyl (C=O) groups excluding carboxylic acids is 2. The van der Waals surface area contributed by atoms with Gasteiger partial charge in [-0.05, 0) is 73.7 Å². The van der Waals surface area contributed by atoms with E-state index in [0.29, 0.717) is 37.0 Å². The fourth-order valence-electron chi connectivity index (χ4n) is 4.47. The Bertz CT molecular complexity index is 1640. The summed E-state index contributed by atoms with van der Waals surface area (Å²) in [6, 6.07) is 13.6. The molecule has 0 heterocycles. The molecule has 0 saturated carbocycles. The van der Waals surface area contributed by atoms with Gasteiger partial charge in [-0.15, -0.1) is 0 Å². The molecule has 0 unspecified atom stereocenters. The van der Waals surface area contributed by atoms with Crippen molar-refractivity contribution in [3.63, 3.8) is 0 Å². The van der Waals surface area contributed by atoms with Crippen molar-refractivity contribution in [3.05, 3.63) is 109 Å². The molecule has 0 amide bonds. The van der Waals surface area contributed by atoms with Gasteiger partial charge in [-0.1, -0.05) is 25.0 Å². The first kappa shape index (κ1) is 37.7. The lowest BCUT2D eigenvalue weighted by Crippen LogP contribution is -2.10. The number of hydrogen-bond donors (Lipinski definition) is 1. The minimum absolute atomic E-state index is 0.0261. The molecule has 0 aliphatic heterocycles. The van der Waals surface area contributed by atoms with Crippen LogP contribution >= 0.6 is 0 Å². The minimum atomic E-state index is -4.25. The summed E-state index contributed by atoms with van der Waals surface area (Å²) in [5.41, 5.74) is -1.06. The van der Waals surface area contributed by atoms with Gasteiger partial charge in [-0.25, -0.2) is 14.4 Å². The molecule has 13 nitrogen and oxygen atoms in total. The van der Waals surface area contributed by atoms with E-state index in [2.05, 4.69) is 0 Å². The van der Waals surface area contributed by atoms with Gasteiger partial charge in [0.05, 0.1) is 40.3 Å². The van der Waals surface area contributed by atoms with E-state index in [1.165, 1.54) is 48.6 Å². The van der Waals surface area contributed by atoms with E-state index >= 15 is 0 Å². The Morgan fingerprint density at radius 3 is 2.08 bits per heavy atom. The Morgan fingerprint density at radius 1 is 0.816 bits per heavy atom. The van der Waals surface area contributed by atoms with Crippen LogP contribution in [-0.4, -0.2) is 52.3 Å². The lowest BCUT2D eigenvalue weighted by molar-refractivity contribution is -0.394. The zero-order valence-electron chi connectivity index (χ0n) is 25.9. The Morgan fingerprint density at radius 2 is 1.47 bits per heavy atom. The molecule has 0 aromatic heterocycles. The van der Waals surface area contributed by atoms with Crippen LogP contribution in [0.15, 0.2) is 66.7 Å². The fraction of sp³-hybridized carbons (Fsp3) is 0.303. The molecule has 49 heavy (non-hydrogen) atoms. The molecule has 0 aliphatic rings. The number of esters is 2. The highest BCUT2D eigenvalue weighted by Crippen LogP contribution is 2.30. The first-order chi connectivity index (χ1) is 23.2. The molecule has 0 spiro atoms. The number of carbonyl (C=O) groups is 3. The highest BCUT2D eigenvalue weighted by atomic mass is 19.4. The maximum atomic E-state index is 12.4. The number of non-ortho nitro benzene ring substituents is 1. The molecular weight excluding hydrogens is 657 g/mol. The van der Waals surface area contributed by atoms with Crippen LogP contribution < -0.4 is 9.47 Å². The van der Waals surface area contributed by atoms with E-state index < -0.39 is 57.3 Å². The number of alkyl halides is 3. The van der Waals surface area contributed by atoms with E-state index in [9.17, 15) is 52.9 Å². The zero-order chi connectivity index (χ0) is 36.0. The van der Waals surface area contributed by atoms with Crippen LogP contribution in [-0.2, 0) is 16.0 Å². The lowest BCUT2D eigenvalue weighted by atomic mass is 9.98. The number of hydrogen-bond acceptors (Lipinski definition) is 10. The number of benzene rings is 3. The van der Waals surface area contributed by atoms with Gasteiger partial charge in [0.25, 0.3) is 11.4 Å². The van der Waals surface area contributed by atoms with E-state index in [1.807, 2.05) is 0 Å². The average molecular weight is 689 g/mol. The van der Waals surface area contributed by atoms with Gasteiger partial charge in [0.15, 0.2) is 0 Å². The second-order valence-electron chi connectivity index (χ2n) is 10.5. The summed E-state index contributed by atoms with van der Waals surface area (Å²) in [5.74, 6) is -2.21. The van der Waals surface area contributed by atoms with E-state index in [-0.39, 0.29) is 42.9 Å². The van der Waals surface area contributed by atoms with E-state index in [0.717, 1.165) is 12.1 Å². The summed E-state index contributed by atoms with van der Waals surface area (Å²) in [5, 5.41) is 31.8. The van der Waals surface area contributed by atoms with Crippen molar-refractivity contribution in [2.75, 3.05) is 13.2 Å². The Balaban J connectivity index is 1.37. The third-order valence-corrected chi connectivity index (χ3v) is 6.88. The van der Waals surface area contributed by atoms with Gasteiger partial charge in [0.1, 0.15) is 11.5 Å². The second kappa shape index (κ2) is 17.9. The molecule has 0 aliphatic carbocycles. The number of carboxylic acid groups (broad SMARTS) is 1. The molecule has 1 N–H and O–H groups in total. The third kappa shape index (κ3) is 12.7. The summed E-state index contributed by atoms with van der Waals surface area (Å²) in [4.78, 5) is 56.8. The monoisotopic (exact) mass is 688 g/mol. The minimum Gasteiger partial charge on any atom is -0.494 e. The number of nitro benzene ring substituents is 2. The summed E-state index contributed by atoms with van der Waals surface area (Å²) in [7, 11) is 0. The van der Waals surface area contributed by atoms with Crippen LogP contribution in [0.2, 0.25) is 0 Å². The quantitative estimate of drug-likeness (QED) is 0.0348. The Kier molecular flexibility index (Phi) is 13.8. The largest absolute Gasteiger partial charge is 0.494 e. The zero-order valence-corrected chi connectivity index (χ0v) is 25.9. The number of ether oxygens (including phenoxy) is 3. The molecule has 260 valence electrons. The van der Waals surface area contributed by atoms with Crippen molar-refractivity contribution < 1.29 is 56.7 Å². The van der Waals surface area contributed by atoms with E-state index in [4.69, 9.17) is 14.2 Å². The van der Waals surface area contributed by atoms with Crippen LogP contribution in [0, 0.1) is 20.2 Å². The van der Waals surface area contributed by atoms with Crippen LogP contribution in [0.25, 0.3) is 6.08 Å². The number of unbranched alkanes of at least 4 members (excludes halogenated alkanes) is 3. The molecule has 0 atom stereocenters. The standard InChI is InChI=1S/C33H31F3N2O11/c34-33(35,36)17-5-19-47-25-14-10-23(11-15-25)32(42)49-26-12-7-22(8-13-26)9-16-30(39)48-18-4-2-1-3-6-27-28(31(40)41)20-24(37(43)44)21-29(27)38(45)46/h7-16,20-21H,1-6,17-19H2,(H,40,41)/b16-9+. The van der Waals surface area contributed by atoms with Crippen molar-refractivity contribution in [2.24, 2.45) is 0 Å². The molecule has 3 aromatic rings. The number of halogens is 3. The third-order valence-electron chi connectivity index (χ3n) is 6.88. The molecule has 0 saturated heterocycles. The summed E-state index contributed by atoms with van der Waals surface area (Å²) < 4.78 is 52.4. The van der Waals surface area contributed by atoms with Gasteiger partial charge < -0.3 is 19.3 Å². The summed E-state index contributed by atoms with van der Waals surface area (Å²) >= 11 is 0. The Labute approximate surface area is 277 Å². The SMILES string of the molecule is O=C(/C=C/c1ccc(OC(=O)c2ccc(OCCCC(F)(F)F)cc2)cc1)OCCCCCCc1c(C(=O)O)cc([N+](=O)[O-])cc1[N+](=O)[O-]. The van der Waals surface area contributed by atoms with Crippen LogP contribution in [0.1, 0.15) is 70.4 Å². The van der Waals surface area contributed by atoms with Gasteiger partial charge in [-0.2, -0.15) is 13.2 Å². The van der Waals surface area contributed by atoms with Gasteiger partial charge in [0, 0.05) is 24.1 Å². The lowest BCUT2D eigenvalue weighted by Gasteiger charge is -2.09. The summed E-state index contributed by atoms with van der Waals surface area (Å²) in [6.07, 6.45) is -0.685. The number of nitrogens with zero attached hydrogens (tertiary/aromatic N) is 2. The number of nitro groups is 2. The van der Waals surface area contributed by atoms with Crippen molar-refractivity contribution in [3.8, 4) is 11.5 Å². The highest BCUT2D eigenvalue weighted by molar-refractivity contribution is 5.92. The van der Waals surface area contributed by atoms with Gasteiger partial charge in [-0.3, -0.25) is 20.2 Å². The molecule has 3 rings (SSSR count). The van der Waals surface area contributed by atoms with Crippen molar-refractivity contribution in [1.82, 2.24) is 0 Å². The maximum Gasteiger partial charge on any atom is 0.389 e. The topological polar surface area (TPSA) is 185 Å². The first-order valence-electron chi connectivity index (χ1n) is 14.9. The predicted octanol–water partition coefficient (Wildman–Crippen LogP) is 7.50. The molecule has 0 fully saturated rings. The Hall–Kier alpha value is -5.80. The molecule has 0 radical (unpaired) electrons. The average Bonchev–Trinajstić information content (AvgIpc) is 3.05. The predicted molar refractivity (Wildman–Crippen MR) is 168 cm³/mol. The van der Waals surface area contributed by atoms with Crippen molar-refractivity contribution >= 4 is 35.4 Å². The molecule has 3 aromatic carbocycles. The molecule has 16 heteroatoms. The normalized spacial score (nSPS) is 11.2. The molecule has 0 bridgehead atoms. The van der Waals surface area contributed by atoms with E-state index in [1.54, 1.807) is 12.1 Å².